The van der Waals surface area contributed by atoms with Crippen LogP contribution in [0, 0.1) is 0 Å². The standard InChI is InChI=1S/C21H29ClN2O4/c1-20(2,3)28-19(26)24-13-16(12-21(24,4)18(25)27-5)23-10-6-7-14-11-15(22)8-9-17(14)23/h8-9,11,16H,6-7,10,12-13H2,1-5H3/t16-,21+/m0/s1. The van der Waals surface area contributed by atoms with Gasteiger partial charge in [-0.3, -0.25) is 4.90 Å². The molecule has 0 aliphatic carbocycles. The van der Waals surface area contributed by atoms with Crippen LogP contribution in [0.1, 0.15) is 46.1 Å². The molecule has 7 heteroatoms. The van der Waals surface area contributed by atoms with Crippen molar-refractivity contribution < 1.29 is 19.1 Å². The Balaban J connectivity index is 1.91. The molecule has 1 saturated heterocycles. The van der Waals surface area contributed by atoms with Gasteiger partial charge in [-0.25, -0.2) is 9.59 Å². The van der Waals surface area contributed by atoms with E-state index in [0.29, 0.717) is 13.0 Å². The summed E-state index contributed by atoms with van der Waals surface area (Å²) in [6.45, 7) is 8.49. The Morgan fingerprint density at radius 2 is 2.00 bits per heavy atom. The first-order valence-electron chi connectivity index (χ1n) is 9.69. The average Bonchev–Trinajstić information content (AvgIpc) is 2.97. The van der Waals surface area contributed by atoms with Gasteiger partial charge in [0.15, 0.2) is 0 Å². The first-order valence-corrected chi connectivity index (χ1v) is 10.1. The summed E-state index contributed by atoms with van der Waals surface area (Å²) in [7, 11) is 1.35. The van der Waals surface area contributed by atoms with Crippen LogP contribution < -0.4 is 4.90 Å². The van der Waals surface area contributed by atoms with Crippen molar-refractivity contribution in [3.63, 3.8) is 0 Å². The summed E-state index contributed by atoms with van der Waals surface area (Å²) in [5.41, 5.74) is 0.625. The molecule has 6 nitrogen and oxygen atoms in total. The molecule has 0 spiro atoms. The number of rotatable bonds is 2. The predicted octanol–water partition coefficient (Wildman–Crippen LogP) is 4.03. The van der Waals surface area contributed by atoms with E-state index in [9.17, 15) is 9.59 Å². The lowest BCUT2D eigenvalue weighted by Crippen LogP contribution is -2.52. The molecule has 3 rings (SSSR count). The van der Waals surface area contributed by atoms with E-state index in [-0.39, 0.29) is 6.04 Å². The summed E-state index contributed by atoms with van der Waals surface area (Å²) in [6.07, 6.45) is 1.98. The van der Waals surface area contributed by atoms with Gasteiger partial charge in [-0.15, -0.1) is 0 Å². The van der Waals surface area contributed by atoms with Crippen molar-refractivity contribution in [1.29, 1.82) is 0 Å². The number of hydrogen-bond acceptors (Lipinski definition) is 5. The molecule has 28 heavy (non-hydrogen) atoms. The summed E-state index contributed by atoms with van der Waals surface area (Å²) in [5, 5.41) is 0.724. The highest BCUT2D eigenvalue weighted by Gasteiger charge is 2.53. The molecule has 0 unspecified atom stereocenters. The Labute approximate surface area is 171 Å². The number of ether oxygens (including phenoxy) is 2. The molecule has 2 atom stereocenters. The van der Waals surface area contributed by atoms with Crippen molar-refractivity contribution >= 4 is 29.4 Å². The fourth-order valence-electron chi connectivity index (χ4n) is 4.24. The van der Waals surface area contributed by atoms with Gasteiger partial charge in [-0.2, -0.15) is 0 Å². The second-order valence-corrected chi connectivity index (χ2v) is 9.22. The van der Waals surface area contributed by atoms with Crippen molar-refractivity contribution in [3.8, 4) is 0 Å². The normalized spacial score (nSPS) is 24.7. The number of likely N-dealkylation sites (tertiary alicyclic amines) is 1. The van der Waals surface area contributed by atoms with Gasteiger partial charge in [-0.1, -0.05) is 11.6 Å². The monoisotopic (exact) mass is 408 g/mol. The number of aryl methyl sites for hydroxylation is 1. The number of anilines is 1. The van der Waals surface area contributed by atoms with Gasteiger partial charge in [0.2, 0.25) is 0 Å². The van der Waals surface area contributed by atoms with Crippen molar-refractivity contribution in [2.75, 3.05) is 25.1 Å². The molecule has 154 valence electrons. The number of amides is 1. The minimum absolute atomic E-state index is 0.00292. The fraction of sp³-hybridized carbons (Fsp3) is 0.619. The molecule has 1 aromatic rings. The minimum Gasteiger partial charge on any atom is -0.467 e. The van der Waals surface area contributed by atoms with Crippen LogP contribution in [0.5, 0.6) is 0 Å². The van der Waals surface area contributed by atoms with Crippen LogP contribution >= 0.6 is 11.6 Å². The third-order valence-electron chi connectivity index (χ3n) is 5.50. The Morgan fingerprint density at radius 1 is 1.29 bits per heavy atom. The van der Waals surface area contributed by atoms with Crippen molar-refractivity contribution in [2.24, 2.45) is 0 Å². The number of esters is 1. The zero-order valence-electron chi connectivity index (χ0n) is 17.3. The van der Waals surface area contributed by atoms with E-state index in [0.717, 1.165) is 30.1 Å². The number of carbonyl (C=O) groups is 2. The van der Waals surface area contributed by atoms with Gasteiger partial charge in [0.25, 0.3) is 0 Å². The highest BCUT2D eigenvalue weighted by Crippen LogP contribution is 2.39. The van der Waals surface area contributed by atoms with Crippen molar-refractivity contribution in [1.82, 2.24) is 4.90 Å². The Kier molecular flexibility index (Phi) is 5.54. The van der Waals surface area contributed by atoms with Crippen LogP contribution in [0.3, 0.4) is 0 Å². The molecule has 0 saturated carbocycles. The summed E-state index contributed by atoms with van der Waals surface area (Å²) < 4.78 is 10.6. The Morgan fingerprint density at radius 3 is 2.64 bits per heavy atom. The van der Waals surface area contributed by atoms with Gasteiger partial charge in [0, 0.05) is 36.3 Å². The number of carbonyl (C=O) groups excluding carboxylic acids is 2. The average molecular weight is 409 g/mol. The second kappa shape index (κ2) is 7.47. The van der Waals surface area contributed by atoms with Gasteiger partial charge in [-0.05, 0) is 64.3 Å². The molecule has 2 aliphatic heterocycles. The van der Waals surface area contributed by atoms with E-state index in [1.807, 2.05) is 39.0 Å². The number of fused-ring (bicyclic) bond motifs is 1. The molecule has 0 aromatic heterocycles. The summed E-state index contributed by atoms with van der Waals surface area (Å²) in [6, 6.07) is 5.92. The maximum atomic E-state index is 12.9. The lowest BCUT2D eigenvalue weighted by molar-refractivity contribution is -0.152. The molecule has 1 aromatic carbocycles. The zero-order chi connectivity index (χ0) is 20.7. The van der Waals surface area contributed by atoms with Crippen LogP contribution in [-0.4, -0.2) is 54.3 Å². The Bertz CT molecular complexity index is 776. The van der Waals surface area contributed by atoms with E-state index in [4.69, 9.17) is 21.1 Å². The molecular formula is C21H29ClN2O4. The number of nitrogens with zero attached hydrogens (tertiary/aromatic N) is 2. The second-order valence-electron chi connectivity index (χ2n) is 8.78. The quantitative estimate of drug-likeness (QED) is 0.691. The predicted molar refractivity (Wildman–Crippen MR) is 109 cm³/mol. The molecule has 2 heterocycles. The SMILES string of the molecule is COC(=O)[C@@]1(C)C[C@H](N2CCCc3cc(Cl)ccc32)CN1C(=O)OC(C)(C)C. The van der Waals surface area contributed by atoms with Crippen LogP contribution in [0.25, 0.3) is 0 Å². The lowest BCUT2D eigenvalue weighted by Gasteiger charge is -2.36. The first-order chi connectivity index (χ1) is 13.0. The van der Waals surface area contributed by atoms with E-state index in [1.54, 1.807) is 6.92 Å². The summed E-state index contributed by atoms with van der Waals surface area (Å²) >= 11 is 6.17. The summed E-state index contributed by atoms with van der Waals surface area (Å²) in [5.74, 6) is -0.422. The molecule has 1 amide bonds. The molecule has 1 fully saturated rings. The van der Waals surface area contributed by atoms with E-state index < -0.39 is 23.2 Å². The summed E-state index contributed by atoms with van der Waals surface area (Å²) in [4.78, 5) is 29.3. The minimum atomic E-state index is -1.06. The number of methoxy groups -OCH3 is 1. The van der Waals surface area contributed by atoms with Gasteiger partial charge < -0.3 is 14.4 Å². The van der Waals surface area contributed by atoms with Crippen LogP contribution in [0.4, 0.5) is 10.5 Å². The third-order valence-corrected chi connectivity index (χ3v) is 5.73. The highest BCUT2D eigenvalue weighted by atomic mass is 35.5. The molecule has 0 bridgehead atoms. The fourth-order valence-corrected chi connectivity index (χ4v) is 4.43. The topological polar surface area (TPSA) is 59.1 Å². The molecule has 2 aliphatic rings. The lowest BCUT2D eigenvalue weighted by atomic mass is 9.94. The largest absolute Gasteiger partial charge is 0.467 e. The third kappa shape index (κ3) is 3.93. The van der Waals surface area contributed by atoms with Gasteiger partial charge >= 0.3 is 12.1 Å². The molecule has 0 N–H and O–H groups in total. The van der Waals surface area contributed by atoms with Crippen molar-refractivity contribution in [2.45, 2.75) is 64.1 Å². The van der Waals surface area contributed by atoms with Crippen molar-refractivity contribution in [3.05, 3.63) is 28.8 Å². The maximum Gasteiger partial charge on any atom is 0.411 e. The van der Waals surface area contributed by atoms with Crippen LogP contribution in [-0.2, 0) is 20.7 Å². The Hall–Kier alpha value is -1.95. The van der Waals surface area contributed by atoms with E-state index >= 15 is 0 Å². The van der Waals surface area contributed by atoms with Crippen LogP contribution in [0.15, 0.2) is 18.2 Å². The first kappa shape index (κ1) is 20.8. The van der Waals surface area contributed by atoms with Gasteiger partial charge in [0.05, 0.1) is 7.11 Å². The maximum absolute atomic E-state index is 12.9. The molecular weight excluding hydrogens is 380 g/mol. The number of benzene rings is 1. The number of hydrogen-bond donors (Lipinski definition) is 0. The zero-order valence-corrected chi connectivity index (χ0v) is 18.0. The molecule has 0 radical (unpaired) electrons. The number of halogens is 1. The van der Waals surface area contributed by atoms with E-state index in [1.165, 1.54) is 17.6 Å². The van der Waals surface area contributed by atoms with Crippen LogP contribution in [0.2, 0.25) is 5.02 Å². The van der Waals surface area contributed by atoms with E-state index in [2.05, 4.69) is 4.90 Å². The highest BCUT2D eigenvalue weighted by molar-refractivity contribution is 6.30. The van der Waals surface area contributed by atoms with Gasteiger partial charge in [0.1, 0.15) is 11.1 Å². The smallest absolute Gasteiger partial charge is 0.411 e.